The van der Waals surface area contributed by atoms with Gasteiger partial charge in [-0.15, -0.1) is 0 Å². The predicted octanol–water partition coefficient (Wildman–Crippen LogP) is 3.47. The number of carbonyl (C=O) groups is 3. The second-order valence-electron chi connectivity index (χ2n) is 5.28. The Bertz CT molecular complexity index is 928. The average Bonchev–Trinajstić information content (AvgIpc) is 2.67. The van der Waals surface area contributed by atoms with Crippen LogP contribution in [0.4, 0.5) is 21.9 Å². The van der Waals surface area contributed by atoms with Crippen molar-refractivity contribution in [3.8, 4) is 0 Å². The lowest BCUT2D eigenvalue weighted by Crippen LogP contribution is -2.20. The van der Waals surface area contributed by atoms with Crippen LogP contribution in [0, 0.1) is 10.1 Å². The first-order chi connectivity index (χ1) is 13.2. The van der Waals surface area contributed by atoms with Gasteiger partial charge in [-0.1, -0.05) is 11.6 Å². The Balaban J connectivity index is 2.28. The molecule has 0 spiro atoms. The highest BCUT2D eigenvalue weighted by Gasteiger charge is 2.16. The maximum absolute atomic E-state index is 12.2. The van der Waals surface area contributed by atoms with Crippen molar-refractivity contribution < 1.29 is 28.8 Å². The van der Waals surface area contributed by atoms with Crippen LogP contribution < -0.4 is 10.6 Å². The van der Waals surface area contributed by atoms with Gasteiger partial charge in [0.25, 0.3) is 5.69 Å². The fraction of sp³-hybridized carbons (Fsp3) is 0.118. The number of anilines is 2. The molecule has 0 aliphatic carbocycles. The highest BCUT2D eigenvalue weighted by atomic mass is 35.5. The SMILES string of the molecule is COC(=O)c1cc(NC(=O)Nc2cc([N+](=O)[O-])ccc2Cl)cc(C(=O)OC)c1. The molecule has 0 radical (unpaired) electrons. The molecular formula is C17H14ClN3O7. The van der Waals surface area contributed by atoms with Gasteiger partial charge in [0, 0.05) is 17.8 Å². The van der Waals surface area contributed by atoms with Crippen molar-refractivity contribution in [2.24, 2.45) is 0 Å². The molecule has 0 bridgehead atoms. The van der Waals surface area contributed by atoms with Gasteiger partial charge in [0.1, 0.15) is 0 Å². The number of non-ortho nitro benzene ring substituents is 1. The molecule has 0 aliphatic heterocycles. The number of nitro groups is 1. The Morgan fingerprint density at radius 3 is 2.04 bits per heavy atom. The van der Waals surface area contributed by atoms with Gasteiger partial charge >= 0.3 is 18.0 Å². The lowest BCUT2D eigenvalue weighted by molar-refractivity contribution is -0.384. The normalized spacial score (nSPS) is 9.96. The van der Waals surface area contributed by atoms with Crippen molar-refractivity contribution in [3.05, 3.63) is 62.7 Å². The summed E-state index contributed by atoms with van der Waals surface area (Å²) in [6.07, 6.45) is 0. The van der Waals surface area contributed by atoms with Crippen molar-refractivity contribution >= 4 is 46.6 Å². The molecule has 28 heavy (non-hydrogen) atoms. The molecule has 2 aromatic carbocycles. The molecule has 0 fully saturated rings. The van der Waals surface area contributed by atoms with Crippen LogP contribution in [0.5, 0.6) is 0 Å². The Hall–Kier alpha value is -3.66. The summed E-state index contributed by atoms with van der Waals surface area (Å²) in [5.41, 5.74) is -0.156. The van der Waals surface area contributed by atoms with Crippen molar-refractivity contribution in [1.29, 1.82) is 0 Å². The van der Waals surface area contributed by atoms with Gasteiger partial charge in [-0.3, -0.25) is 10.1 Å². The van der Waals surface area contributed by atoms with Crippen molar-refractivity contribution in [3.63, 3.8) is 0 Å². The van der Waals surface area contributed by atoms with Crippen LogP contribution in [-0.2, 0) is 9.47 Å². The van der Waals surface area contributed by atoms with E-state index in [0.717, 1.165) is 20.3 Å². The van der Waals surface area contributed by atoms with E-state index < -0.39 is 22.9 Å². The second-order valence-corrected chi connectivity index (χ2v) is 5.69. The van der Waals surface area contributed by atoms with Crippen LogP contribution in [0.2, 0.25) is 5.02 Å². The van der Waals surface area contributed by atoms with Crippen molar-refractivity contribution in [2.45, 2.75) is 0 Å². The van der Waals surface area contributed by atoms with E-state index >= 15 is 0 Å². The van der Waals surface area contributed by atoms with Crippen LogP contribution in [0.3, 0.4) is 0 Å². The number of nitro benzene ring substituents is 1. The van der Waals surface area contributed by atoms with Crippen LogP contribution in [-0.4, -0.2) is 37.1 Å². The van der Waals surface area contributed by atoms with E-state index in [-0.39, 0.29) is 33.2 Å². The average molecular weight is 408 g/mol. The highest BCUT2D eigenvalue weighted by molar-refractivity contribution is 6.33. The van der Waals surface area contributed by atoms with Crippen LogP contribution in [0.15, 0.2) is 36.4 Å². The summed E-state index contributed by atoms with van der Waals surface area (Å²) in [6, 6.07) is 6.56. The number of hydrogen-bond donors (Lipinski definition) is 2. The summed E-state index contributed by atoms with van der Waals surface area (Å²) >= 11 is 5.93. The summed E-state index contributed by atoms with van der Waals surface area (Å²) in [4.78, 5) is 46.0. The highest BCUT2D eigenvalue weighted by Crippen LogP contribution is 2.27. The Morgan fingerprint density at radius 2 is 1.54 bits per heavy atom. The zero-order valence-corrected chi connectivity index (χ0v) is 15.4. The topological polar surface area (TPSA) is 137 Å². The lowest BCUT2D eigenvalue weighted by Gasteiger charge is -2.11. The summed E-state index contributed by atoms with van der Waals surface area (Å²) in [7, 11) is 2.33. The molecule has 10 nitrogen and oxygen atoms in total. The quantitative estimate of drug-likeness (QED) is 0.439. The largest absolute Gasteiger partial charge is 0.465 e. The van der Waals surface area contributed by atoms with E-state index in [1.54, 1.807) is 0 Å². The first-order valence-electron chi connectivity index (χ1n) is 7.58. The fourth-order valence-electron chi connectivity index (χ4n) is 2.18. The summed E-state index contributed by atoms with van der Waals surface area (Å²) in [5, 5.41) is 15.7. The third-order valence-corrected chi connectivity index (χ3v) is 3.77. The molecule has 0 heterocycles. The van der Waals surface area contributed by atoms with Crippen LogP contribution in [0.1, 0.15) is 20.7 Å². The number of hydrogen-bond acceptors (Lipinski definition) is 7. The van der Waals surface area contributed by atoms with Gasteiger partial charge in [-0.25, -0.2) is 14.4 Å². The van der Waals surface area contributed by atoms with Crippen LogP contribution in [0.25, 0.3) is 0 Å². The number of rotatable bonds is 5. The monoisotopic (exact) mass is 407 g/mol. The molecular weight excluding hydrogens is 394 g/mol. The number of esters is 2. The maximum atomic E-state index is 12.2. The van der Waals surface area contributed by atoms with E-state index in [0.29, 0.717) is 0 Å². The third-order valence-electron chi connectivity index (χ3n) is 3.44. The van der Waals surface area contributed by atoms with Gasteiger partial charge in [-0.2, -0.15) is 0 Å². The lowest BCUT2D eigenvalue weighted by atomic mass is 10.1. The molecule has 2 amide bonds. The smallest absolute Gasteiger partial charge is 0.337 e. The molecule has 2 aromatic rings. The van der Waals surface area contributed by atoms with Gasteiger partial charge < -0.3 is 20.1 Å². The Morgan fingerprint density at radius 1 is 0.964 bits per heavy atom. The van der Waals surface area contributed by atoms with Gasteiger partial charge in [0.05, 0.1) is 41.0 Å². The van der Waals surface area contributed by atoms with Gasteiger partial charge in [-0.05, 0) is 24.3 Å². The summed E-state index contributed by atoms with van der Waals surface area (Å²) in [5.74, 6) is -1.45. The standard InChI is InChI=1S/C17H14ClN3O7/c1-27-15(22)9-5-10(16(23)28-2)7-11(6-9)19-17(24)20-14-8-12(21(25)26)3-4-13(14)18/h3-8H,1-2H3,(H2,19,20,24). The van der Waals surface area contributed by atoms with Crippen molar-refractivity contribution in [2.75, 3.05) is 24.9 Å². The number of methoxy groups -OCH3 is 2. The number of amides is 2. The zero-order valence-electron chi connectivity index (χ0n) is 14.6. The maximum Gasteiger partial charge on any atom is 0.337 e. The first-order valence-corrected chi connectivity index (χ1v) is 7.96. The molecule has 0 atom stereocenters. The number of nitrogens with zero attached hydrogens (tertiary/aromatic N) is 1. The minimum Gasteiger partial charge on any atom is -0.465 e. The predicted molar refractivity (Wildman–Crippen MR) is 99.9 cm³/mol. The molecule has 0 aromatic heterocycles. The number of nitrogens with one attached hydrogen (secondary N) is 2. The molecule has 2 rings (SSSR count). The molecule has 146 valence electrons. The summed E-state index contributed by atoms with van der Waals surface area (Å²) in [6.45, 7) is 0. The fourth-order valence-corrected chi connectivity index (χ4v) is 2.34. The molecule has 0 unspecified atom stereocenters. The minimum atomic E-state index is -0.805. The van der Waals surface area contributed by atoms with E-state index in [2.05, 4.69) is 20.1 Å². The minimum absolute atomic E-state index is 0.00526. The molecule has 0 saturated heterocycles. The number of carbonyl (C=O) groups excluding carboxylic acids is 3. The molecule has 0 aliphatic rings. The van der Waals surface area contributed by atoms with Gasteiger partial charge in [0.2, 0.25) is 0 Å². The summed E-state index contributed by atoms with van der Waals surface area (Å²) < 4.78 is 9.22. The van der Waals surface area contributed by atoms with E-state index in [4.69, 9.17) is 11.6 Å². The molecule has 0 saturated carbocycles. The number of benzene rings is 2. The van der Waals surface area contributed by atoms with Crippen molar-refractivity contribution in [1.82, 2.24) is 0 Å². The molecule has 2 N–H and O–H groups in total. The van der Waals surface area contributed by atoms with Gasteiger partial charge in [0.15, 0.2) is 0 Å². The van der Waals surface area contributed by atoms with Crippen LogP contribution >= 0.6 is 11.6 Å². The van der Waals surface area contributed by atoms with E-state index in [1.165, 1.54) is 30.3 Å². The zero-order chi connectivity index (χ0) is 20.8. The number of halogens is 1. The van der Waals surface area contributed by atoms with E-state index in [9.17, 15) is 24.5 Å². The van der Waals surface area contributed by atoms with E-state index in [1.807, 2.05) is 0 Å². The Kier molecular flexibility index (Phi) is 6.51. The second kappa shape index (κ2) is 8.82. The first kappa shape index (κ1) is 20.6. The third kappa shape index (κ3) is 4.95. The number of urea groups is 1. The number of ether oxygens (including phenoxy) is 2. The Labute approximate surface area is 163 Å². The molecule has 11 heteroatoms.